The number of nitrogens with zero attached hydrogens (tertiary/aromatic N) is 1. The summed E-state index contributed by atoms with van der Waals surface area (Å²) >= 11 is 1.57. The zero-order valence-electron chi connectivity index (χ0n) is 8.90. The van der Waals surface area contributed by atoms with Gasteiger partial charge in [-0.25, -0.2) is 4.98 Å². The van der Waals surface area contributed by atoms with E-state index in [-0.39, 0.29) is 5.91 Å². The number of carbonyl (C=O) groups is 1. The van der Waals surface area contributed by atoms with Gasteiger partial charge in [0.15, 0.2) is 0 Å². The fraction of sp³-hybridized carbons (Fsp3) is 0.273. The molecule has 0 saturated carbocycles. The summed E-state index contributed by atoms with van der Waals surface area (Å²) in [6.07, 6.45) is 2.06. The van der Waals surface area contributed by atoms with E-state index in [1.165, 1.54) is 0 Å². The first-order valence-corrected chi connectivity index (χ1v) is 5.92. The topological polar surface area (TPSA) is 55.1 Å². The fourth-order valence-corrected chi connectivity index (χ4v) is 1.87. The quantitative estimate of drug-likeness (QED) is 0.887. The number of oxazole rings is 1. The zero-order chi connectivity index (χ0) is 11.4. The average Bonchev–Trinajstić information content (AvgIpc) is 2.95. The molecule has 0 bridgehead atoms. The lowest BCUT2D eigenvalue weighted by Gasteiger charge is -1.98. The van der Waals surface area contributed by atoms with Crippen molar-refractivity contribution >= 4 is 17.2 Å². The second kappa shape index (κ2) is 4.94. The number of nitrogens with one attached hydrogen (secondary N) is 1. The van der Waals surface area contributed by atoms with Gasteiger partial charge in [0.25, 0.3) is 0 Å². The average molecular weight is 236 g/mol. The van der Waals surface area contributed by atoms with Crippen LogP contribution in [0.15, 0.2) is 28.2 Å². The molecule has 2 rings (SSSR count). The van der Waals surface area contributed by atoms with E-state index in [2.05, 4.69) is 10.3 Å². The molecule has 5 heteroatoms. The monoisotopic (exact) mass is 236 g/mol. The first-order valence-electron chi connectivity index (χ1n) is 5.04. The summed E-state index contributed by atoms with van der Waals surface area (Å²) in [5.74, 6) is 0.622. The van der Waals surface area contributed by atoms with E-state index in [1.807, 2.05) is 24.4 Å². The van der Waals surface area contributed by atoms with Crippen molar-refractivity contribution in [2.45, 2.75) is 19.9 Å². The van der Waals surface area contributed by atoms with Gasteiger partial charge in [-0.3, -0.25) is 4.79 Å². The molecule has 2 heterocycles. The first kappa shape index (κ1) is 10.9. The molecular weight excluding hydrogens is 224 g/mol. The number of rotatable bonds is 4. The Balaban J connectivity index is 2.00. The van der Waals surface area contributed by atoms with Crippen LogP contribution in [-0.2, 0) is 11.3 Å². The molecule has 0 aliphatic rings. The summed E-state index contributed by atoms with van der Waals surface area (Å²) in [7, 11) is 0. The lowest BCUT2D eigenvalue weighted by Crippen LogP contribution is -2.21. The molecule has 2 aromatic rings. The SMILES string of the molecule is CCC(=O)NCc1coc(-c2cccs2)n1. The van der Waals surface area contributed by atoms with E-state index in [1.54, 1.807) is 17.6 Å². The molecule has 0 saturated heterocycles. The summed E-state index contributed by atoms with van der Waals surface area (Å²) in [5, 5.41) is 4.72. The third-order valence-electron chi connectivity index (χ3n) is 2.07. The van der Waals surface area contributed by atoms with E-state index in [0.29, 0.717) is 18.9 Å². The second-order valence-electron chi connectivity index (χ2n) is 3.25. The maximum absolute atomic E-state index is 11.1. The van der Waals surface area contributed by atoms with E-state index < -0.39 is 0 Å². The van der Waals surface area contributed by atoms with Gasteiger partial charge in [0.1, 0.15) is 6.26 Å². The van der Waals surface area contributed by atoms with Crippen LogP contribution in [0.2, 0.25) is 0 Å². The van der Waals surface area contributed by atoms with Crippen LogP contribution < -0.4 is 5.32 Å². The molecule has 4 nitrogen and oxygen atoms in total. The molecule has 0 unspecified atom stereocenters. The highest BCUT2D eigenvalue weighted by Crippen LogP contribution is 2.23. The Morgan fingerprint density at radius 2 is 2.50 bits per heavy atom. The maximum Gasteiger partial charge on any atom is 0.236 e. The largest absolute Gasteiger partial charge is 0.443 e. The van der Waals surface area contributed by atoms with Crippen molar-refractivity contribution in [1.29, 1.82) is 0 Å². The minimum absolute atomic E-state index is 0.0145. The Bertz CT molecular complexity index is 462. The van der Waals surface area contributed by atoms with Crippen LogP contribution in [0, 0.1) is 0 Å². The molecule has 0 aromatic carbocycles. The molecule has 1 amide bonds. The smallest absolute Gasteiger partial charge is 0.236 e. The third-order valence-corrected chi connectivity index (χ3v) is 2.93. The van der Waals surface area contributed by atoms with Crippen molar-refractivity contribution in [3.8, 4) is 10.8 Å². The number of amides is 1. The van der Waals surface area contributed by atoms with E-state index in [4.69, 9.17) is 4.42 Å². The highest BCUT2D eigenvalue weighted by Gasteiger charge is 2.07. The highest BCUT2D eigenvalue weighted by molar-refractivity contribution is 7.13. The molecule has 0 radical (unpaired) electrons. The van der Waals surface area contributed by atoms with Gasteiger partial charge in [0.2, 0.25) is 11.8 Å². The normalized spacial score (nSPS) is 10.3. The van der Waals surface area contributed by atoms with Crippen LogP contribution >= 0.6 is 11.3 Å². The van der Waals surface area contributed by atoms with Crippen LogP contribution in [0.3, 0.4) is 0 Å². The predicted octanol–water partition coefficient (Wildman–Crippen LogP) is 2.43. The van der Waals surface area contributed by atoms with E-state index in [0.717, 1.165) is 10.6 Å². The Labute approximate surface area is 97.3 Å². The van der Waals surface area contributed by atoms with Crippen LogP contribution in [-0.4, -0.2) is 10.9 Å². The Morgan fingerprint density at radius 3 is 3.19 bits per heavy atom. The van der Waals surface area contributed by atoms with Gasteiger partial charge in [0.05, 0.1) is 17.1 Å². The molecule has 2 aromatic heterocycles. The highest BCUT2D eigenvalue weighted by atomic mass is 32.1. The van der Waals surface area contributed by atoms with Crippen molar-refractivity contribution in [2.24, 2.45) is 0 Å². The summed E-state index contributed by atoms with van der Waals surface area (Å²) < 4.78 is 5.32. The van der Waals surface area contributed by atoms with Gasteiger partial charge in [-0.15, -0.1) is 11.3 Å². The van der Waals surface area contributed by atoms with Gasteiger partial charge in [-0.1, -0.05) is 13.0 Å². The number of thiophene rings is 1. The predicted molar refractivity (Wildman–Crippen MR) is 62.0 cm³/mol. The molecule has 0 fully saturated rings. The van der Waals surface area contributed by atoms with Gasteiger partial charge in [0, 0.05) is 6.42 Å². The second-order valence-corrected chi connectivity index (χ2v) is 4.20. The van der Waals surface area contributed by atoms with Gasteiger partial charge in [-0.2, -0.15) is 0 Å². The lowest BCUT2D eigenvalue weighted by atomic mass is 10.4. The molecule has 0 spiro atoms. The lowest BCUT2D eigenvalue weighted by molar-refractivity contribution is -0.120. The Morgan fingerprint density at radius 1 is 1.62 bits per heavy atom. The minimum Gasteiger partial charge on any atom is -0.443 e. The van der Waals surface area contributed by atoms with Crippen LogP contribution in [0.25, 0.3) is 10.8 Å². The van der Waals surface area contributed by atoms with Gasteiger partial charge < -0.3 is 9.73 Å². The molecule has 84 valence electrons. The molecule has 16 heavy (non-hydrogen) atoms. The molecular formula is C11H12N2O2S. The number of hydrogen-bond acceptors (Lipinski definition) is 4. The first-order chi connectivity index (χ1) is 7.79. The zero-order valence-corrected chi connectivity index (χ0v) is 9.71. The molecule has 0 aliphatic carbocycles. The fourth-order valence-electron chi connectivity index (χ4n) is 1.22. The van der Waals surface area contributed by atoms with Crippen molar-refractivity contribution in [3.05, 3.63) is 29.5 Å². The summed E-state index contributed by atoms with van der Waals surface area (Å²) in [5.41, 5.74) is 0.741. The number of aromatic nitrogens is 1. The van der Waals surface area contributed by atoms with Crippen molar-refractivity contribution in [3.63, 3.8) is 0 Å². The third kappa shape index (κ3) is 2.49. The van der Waals surface area contributed by atoms with E-state index >= 15 is 0 Å². The Hall–Kier alpha value is -1.62. The van der Waals surface area contributed by atoms with Crippen LogP contribution in [0.5, 0.6) is 0 Å². The number of carbonyl (C=O) groups excluding carboxylic acids is 1. The summed E-state index contributed by atoms with van der Waals surface area (Å²) in [6, 6.07) is 3.90. The minimum atomic E-state index is 0.0145. The van der Waals surface area contributed by atoms with Crippen LogP contribution in [0.4, 0.5) is 0 Å². The van der Waals surface area contributed by atoms with Crippen molar-refractivity contribution in [2.75, 3.05) is 0 Å². The Kier molecular flexibility index (Phi) is 3.36. The summed E-state index contributed by atoms with van der Waals surface area (Å²) in [4.78, 5) is 16.3. The standard InChI is InChI=1S/C11H12N2O2S/c1-2-10(14)12-6-8-7-15-11(13-8)9-4-3-5-16-9/h3-5,7H,2,6H2,1H3,(H,12,14). The maximum atomic E-state index is 11.1. The van der Waals surface area contributed by atoms with Crippen molar-refractivity contribution < 1.29 is 9.21 Å². The van der Waals surface area contributed by atoms with Crippen LogP contribution in [0.1, 0.15) is 19.0 Å². The molecule has 0 aliphatic heterocycles. The molecule has 0 atom stereocenters. The number of hydrogen-bond donors (Lipinski definition) is 1. The van der Waals surface area contributed by atoms with Gasteiger partial charge in [-0.05, 0) is 11.4 Å². The van der Waals surface area contributed by atoms with E-state index in [9.17, 15) is 4.79 Å². The van der Waals surface area contributed by atoms with Crippen molar-refractivity contribution in [1.82, 2.24) is 10.3 Å². The summed E-state index contributed by atoms with van der Waals surface area (Å²) in [6.45, 7) is 2.23. The molecule has 1 N–H and O–H groups in total. The van der Waals surface area contributed by atoms with Gasteiger partial charge >= 0.3 is 0 Å².